The van der Waals surface area contributed by atoms with Gasteiger partial charge in [0.05, 0.1) is 88.6 Å². The van der Waals surface area contributed by atoms with Crippen molar-refractivity contribution in [2.75, 3.05) is 53.9 Å². The normalized spacial score (nSPS) is 11.7. The van der Waals surface area contributed by atoms with Gasteiger partial charge in [0, 0.05) is 31.5 Å². The molecule has 17 heteroatoms. The molecule has 0 unspecified atom stereocenters. The molecule has 2 aromatic heterocycles. The van der Waals surface area contributed by atoms with E-state index in [1.165, 1.54) is 16.4 Å². The van der Waals surface area contributed by atoms with Crippen LogP contribution in [0.3, 0.4) is 0 Å². The van der Waals surface area contributed by atoms with Crippen molar-refractivity contribution in [1.29, 1.82) is 0 Å². The molecule has 218 valence electrons. The molecule has 0 radical (unpaired) electrons. The van der Waals surface area contributed by atoms with E-state index in [0.29, 0.717) is 69.7 Å². The number of azide groups is 1. The number of aromatic nitrogens is 6. The van der Waals surface area contributed by atoms with Gasteiger partial charge in [0.15, 0.2) is 0 Å². The predicted molar refractivity (Wildman–Crippen MR) is 141 cm³/mol. The minimum Gasteiger partial charge on any atom is -0.382 e. The zero-order valence-corrected chi connectivity index (χ0v) is 23.4. The van der Waals surface area contributed by atoms with Crippen LogP contribution in [0.2, 0.25) is 0 Å². The molecular formula is C23H34N10O6S. The highest BCUT2D eigenvalue weighted by atomic mass is 32.2. The maximum absolute atomic E-state index is 13.7. The molecule has 0 fully saturated rings. The summed E-state index contributed by atoms with van der Waals surface area (Å²) in [5, 5.41) is 20.0. The maximum atomic E-state index is 13.7. The fourth-order valence-corrected chi connectivity index (χ4v) is 4.84. The molecule has 0 saturated heterocycles. The van der Waals surface area contributed by atoms with Crippen LogP contribution >= 0.6 is 0 Å². The number of rotatable bonds is 20. The zero-order valence-electron chi connectivity index (χ0n) is 22.6. The number of sulfonamides is 1. The first kappa shape index (κ1) is 31.1. The minimum absolute atomic E-state index is 0.0413. The van der Waals surface area contributed by atoms with Crippen molar-refractivity contribution in [2.24, 2.45) is 5.11 Å². The third-order valence-electron chi connectivity index (χ3n) is 5.52. The van der Waals surface area contributed by atoms with Crippen molar-refractivity contribution >= 4 is 10.0 Å². The summed E-state index contributed by atoms with van der Waals surface area (Å²) in [5.74, 6) is 0. The van der Waals surface area contributed by atoms with Crippen molar-refractivity contribution in [1.82, 2.24) is 34.3 Å². The van der Waals surface area contributed by atoms with Crippen LogP contribution in [-0.2, 0) is 61.7 Å². The number of hydrogen-bond acceptors (Lipinski definition) is 11. The van der Waals surface area contributed by atoms with E-state index in [1.54, 1.807) is 48.1 Å². The smallest absolute Gasteiger partial charge is 0.243 e. The second kappa shape index (κ2) is 16.6. The van der Waals surface area contributed by atoms with Gasteiger partial charge in [-0.2, -0.15) is 4.31 Å². The largest absolute Gasteiger partial charge is 0.382 e. The number of nitrogens with zero attached hydrogens (tertiary/aromatic N) is 10. The Labute approximate surface area is 232 Å². The molecule has 0 aliphatic heterocycles. The molecule has 40 heavy (non-hydrogen) atoms. The highest BCUT2D eigenvalue weighted by Gasteiger charge is 2.27. The molecule has 0 bridgehead atoms. The second-order valence-electron chi connectivity index (χ2n) is 8.46. The minimum atomic E-state index is -3.97. The van der Waals surface area contributed by atoms with Crippen LogP contribution in [0.25, 0.3) is 10.4 Å². The van der Waals surface area contributed by atoms with Gasteiger partial charge in [0.1, 0.15) is 0 Å². The SMILES string of the molecule is COCCOCCn1cc(CN(Cc2cn(CCOCCOC)nn2)S(=O)(=O)c2ccc(CN=[N+]=[N-])cc2)nn1. The van der Waals surface area contributed by atoms with Crippen molar-refractivity contribution in [3.05, 3.63) is 64.1 Å². The van der Waals surface area contributed by atoms with Gasteiger partial charge in [0.2, 0.25) is 10.0 Å². The monoisotopic (exact) mass is 578 g/mol. The van der Waals surface area contributed by atoms with Gasteiger partial charge >= 0.3 is 0 Å². The number of benzene rings is 1. The lowest BCUT2D eigenvalue weighted by Gasteiger charge is -2.20. The highest BCUT2D eigenvalue weighted by Crippen LogP contribution is 2.21. The molecule has 0 spiro atoms. The van der Waals surface area contributed by atoms with Gasteiger partial charge in [-0.25, -0.2) is 17.8 Å². The summed E-state index contributed by atoms with van der Waals surface area (Å²) in [5.41, 5.74) is 10.1. The van der Waals surface area contributed by atoms with Gasteiger partial charge in [-0.15, -0.1) is 10.2 Å². The second-order valence-corrected chi connectivity index (χ2v) is 10.4. The Morgan fingerprint density at radius 2 is 1.38 bits per heavy atom. The number of ether oxygens (including phenoxy) is 4. The highest BCUT2D eigenvalue weighted by molar-refractivity contribution is 7.89. The maximum Gasteiger partial charge on any atom is 0.243 e. The van der Waals surface area contributed by atoms with E-state index in [4.69, 9.17) is 24.5 Å². The summed E-state index contributed by atoms with van der Waals surface area (Å²) >= 11 is 0. The van der Waals surface area contributed by atoms with E-state index in [0.717, 1.165) is 0 Å². The quantitative estimate of drug-likeness (QED) is 0.0821. The van der Waals surface area contributed by atoms with Gasteiger partial charge in [0.25, 0.3) is 0 Å². The molecule has 0 amide bonds. The fourth-order valence-electron chi connectivity index (χ4n) is 3.46. The standard InChI is InChI=1S/C23H34N10O6S/c1-36-11-13-38-9-7-31-16-21(26-29-31)18-33(19-22-17-32(30-27-22)8-10-39-14-12-37-2)40(34,35)23-5-3-20(4-6-23)15-25-28-24/h3-6,16-17H,7-15,18-19H2,1-2H3. The van der Waals surface area contributed by atoms with Gasteiger partial charge in [-0.05, 0) is 23.2 Å². The van der Waals surface area contributed by atoms with E-state index in [2.05, 4.69) is 30.7 Å². The molecule has 0 N–H and O–H groups in total. The van der Waals surface area contributed by atoms with E-state index < -0.39 is 10.0 Å². The van der Waals surface area contributed by atoms with Crippen LogP contribution in [0.4, 0.5) is 0 Å². The van der Waals surface area contributed by atoms with Crippen molar-refractivity contribution in [2.45, 2.75) is 37.6 Å². The van der Waals surface area contributed by atoms with Crippen LogP contribution in [0.1, 0.15) is 17.0 Å². The molecular weight excluding hydrogens is 544 g/mol. The Morgan fingerprint density at radius 1 is 0.850 bits per heavy atom. The predicted octanol–water partition coefficient (Wildman–Crippen LogP) is 1.40. The Bertz CT molecular complexity index is 1250. The first-order valence-corrected chi connectivity index (χ1v) is 13.9. The lowest BCUT2D eigenvalue weighted by atomic mass is 10.2. The molecule has 3 rings (SSSR count). The Kier molecular flexibility index (Phi) is 12.9. The van der Waals surface area contributed by atoms with Crippen molar-refractivity contribution in [3.63, 3.8) is 0 Å². The first-order valence-electron chi connectivity index (χ1n) is 12.5. The van der Waals surface area contributed by atoms with Crippen LogP contribution in [-0.4, -0.2) is 96.6 Å². The fraction of sp³-hybridized carbons (Fsp3) is 0.565. The van der Waals surface area contributed by atoms with Gasteiger partial charge in [-0.1, -0.05) is 27.7 Å². The number of methoxy groups -OCH3 is 2. The molecule has 0 saturated carbocycles. The number of hydrogen-bond donors (Lipinski definition) is 0. The van der Waals surface area contributed by atoms with Crippen LogP contribution in [0, 0.1) is 0 Å². The topological polar surface area (TPSA) is 184 Å². The first-order chi connectivity index (χ1) is 19.5. The van der Waals surface area contributed by atoms with E-state index in [-0.39, 0.29) is 24.5 Å². The Balaban J connectivity index is 1.73. The van der Waals surface area contributed by atoms with Gasteiger partial charge < -0.3 is 18.9 Å². The molecule has 0 atom stereocenters. The summed E-state index contributed by atoms with van der Waals surface area (Å²) in [7, 11) is -0.770. The van der Waals surface area contributed by atoms with E-state index >= 15 is 0 Å². The Morgan fingerprint density at radius 3 is 1.85 bits per heavy atom. The van der Waals surface area contributed by atoms with Crippen LogP contribution in [0.5, 0.6) is 0 Å². The lowest BCUT2D eigenvalue weighted by Crippen LogP contribution is -2.30. The van der Waals surface area contributed by atoms with Crippen molar-refractivity contribution < 1.29 is 27.4 Å². The Hall–Kier alpha value is -3.44. The third-order valence-corrected chi connectivity index (χ3v) is 7.33. The molecule has 0 aliphatic rings. The average molecular weight is 579 g/mol. The van der Waals surface area contributed by atoms with Crippen LogP contribution in [0.15, 0.2) is 46.7 Å². The molecule has 1 aromatic carbocycles. The molecule has 3 aromatic rings. The summed E-state index contributed by atoms with van der Waals surface area (Å²) in [6, 6.07) is 6.18. The van der Waals surface area contributed by atoms with Crippen LogP contribution < -0.4 is 0 Å². The summed E-state index contributed by atoms with van der Waals surface area (Å²) in [4.78, 5) is 2.81. The van der Waals surface area contributed by atoms with E-state index in [9.17, 15) is 8.42 Å². The average Bonchev–Trinajstić information content (AvgIpc) is 3.61. The molecule has 2 heterocycles. The molecule has 16 nitrogen and oxygen atoms in total. The summed E-state index contributed by atoms with van der Waals surface area (Å²) in [6.07, 6.45) is 3.36. The summed E-state index contributed by atoms with van der Waals surface area (Å²) in [6.45, 7) is 3.69. The third kappa shape index (κ3) is 9.95. The van der Waals surface area contributed by atoms with E-state index in [1.807, 2.05) is 0 Å². The zero-order chi connectivity index (χ0) is 28.6. The van der Waals surface area contributed by atoms with Crippen molar-refractivity contribution in [3.8, 4) is 0 Å². The molecule has 0 aliphatic carbocycles. The van der Waals surface area contributed by atoms with Gasteiger partial charge in [-0.3, -0.25) is 0 Å². The lowest BCUT2D eigenvalue weighted by molar-refractivity contribution is 0.0652. The summed E-state index contributed by atoms with van der Waals surface area (Å²) < 4.78 is 52.7.